The van der Waals surface area contributed by atoms with Crippen molar-refractivity contribution < 1.29 is 19.1 Å². The van der Waals surface area contributed by atoms with E-state index in [1.807, 2.05) is 24.3 Å². The number of thiophene rings is 1. The van der Waals surface area contributed by atoms with Gasteiger partial charge in [-0.05, 0) is 49.4 Å². The molecule has 0 saturated heterocycles. The maximum atomic E-state index is 13.7. The lowest BCUT2D eigenvalue weighted by Gasteiger charge is -2.28. The van der Waals surface area contributed by atoms with Crippen molar-refractivity contribution in [3.05, 3.63) is 50.9 Å². The van der Waals surface area contributed by atoms with Crippen molar-refractivity contribution in [2.45, 2.75) is 57.9 Å². The molecular formula is C24H27ClN2O4S. The number of fused-ring (bicyclic) bond motifs is 1. The minimum absolute atomic E-state index is 0.0000303. The first-order valence-electron chi connectivity index (χ1n) is 11.0. The maximum absolute atomic E-state index is 13.7. The van der Waals surface area contributed by atoms with Crippen LogP contribution in [0, 0.1) is 0 Å². The second kappa shape index (κ2) is 9.24. The summed E-state index contributed by atoms with van der Waals surface area (Å²) in [6, 6.07) is 7.47. The molecule has 0 unspecified atom stereocenters. The number of carbonyl (C=O) groups excluding carboxylic acids is 3. The number of esters is 1. The Kier molecular flexibility index (Phi) is 6.58. The third kappa shape index (κ3) is 4.16. The zero-order chi connectivity index (χ0) is 22.9. The second-order valence-corrected chi connectivity index (χ2v) is 9.91. The van der Waals surface area contributed by atoms with Crippen molar-refractivity contribution in [2.75, 3.05) is 18.5 Å². The predicted octanol–water partition coefficient (Wildman–Crippen LogP) is 4.93. The van der Waals surface area contributed by atoms with Crippen molar-refractivity contribution in [2.24, 2.45) is 0 Å². The van der Waals surface area contributed by atoms with Gasteiger partial charge in [-0.15, -0.1) is 11.3 Å². The van der Waals surface area contributed by atoms with E-state index < -0.39 is 11.4 Å². The number of ether oxygens (including phenoxy) is 1. The minimum atomic E-state index is -0.646. The molecule has 2 aromatic rings. The molecule has 2 heterocycles. The van der Waals surface area contributed by atoms with E-state index in [9.17, 15) is 14.4 Å². The Bertz CT molecular complexity index is 1040. The Labute approximate surface area is 196 Å². The summed E-state index contributed by atoms with van der Waals surface area (Å²) in [5.74, 6) is -0.534. The fourth-order valence-corrected chi connectivity index (χ4v) is 6.17. The molecule has 0 radical (unpaired) electrons. The smallest absolute Gasteiger partial charge is 0.341 e. The molecule has 6 nitrogen and oxygen atoms in total. The Morgan fingerprint density at radius 3 is 2.50 bits per heavy atom. The molecular weight excluding hydrogens is 448 g/mol. The fraction of sp³-hybridized carbons (Fsp3) is 0.458. The maximum Gasteiger partial charge on any atom is 0.341 e. The molecule has 4 rings (SSSR count). The van der Waals surface area contributed by atoms with Crippen LogP contribution in [-0.2, 0) is 32.7 Å². The van der Waals surface area contributed by atoms with Crippen LogP contribution in [-0.4, -0.2) is 35.8 Å². The van der Waals surface area contributed by atoms with Gasteiger partial charge in [0.25, 0.3) is 0 Å². The number of anilines is 1. The molecule has 2 aliphatic rings. The number of carbonyl (C=O) groups is 3. The molecule has 0 bridgehead atoms. The standard InChI is InChI=1S/C24H27ClN2O4S/c1-3-31-22(29)20-18-10-13-27(15(2)28)14-19(18)32-21(20)26-23(30)24(11-4-5-12-24)16-6-8-17(25)9-7-16/h6-9H,3-5,10-14H2,1-2H3,(H,26,30). The summed E-state index contributed by atoms with van der Waals surface area (Å²) < 4.78 is 5.32. The Balaban J connectivity index is 1.69. The minimum Gasteiger partial charge on any atom is -0.462 e. The largest absolute Gasteiger partial charge is 0.462 e. The molecule has 2 amide bonds. The molecule has 32 heavy (non-hydrogen) atoms. The van der Waals surface area contributed by atoms with Gasteiger partial charge >= 0.3 is 5.97 Å². The van der Waals surface area contributed by atoms with Gasteiger partial charge in [0.15, 0.2) is 0 Å². The van der Waals surface area contributed by atoms with Gasteiger partial charge in [-0.1, -0.05) is 36.6 Å². The monoisotopic (exact) mass is 474 g/mol. The Hall–Kier alpha value is -2.38. The summed E-state index contributed by atoms with van der Waals surface area (Å²) in [4.78, 5) is 41.1. The average molecular weight is 475 g/mol. The molecule has 0 atom stereocenters. The zero-order valence-electron chi connectivity index (χ0n) is 18.3. The van der Waals surface area contributed by atoms with Crippen LogP contribution >= 0.6 is 22.9 Å². The highest BCUT2D eigenvalue weighted by Crippen LogP contribution is 2.44. The molecule has 170 valence electrons. The SMILES string of the molecule is CCOC(=O)c1c(NC(=O)C2(c3ccc(Cl)cc3)CCCC2)sc2c1CCN(C(C)=O)C2. The number of benzene rings is 1. The molecule has 0 spiro atoms. The van der Waals surface area contributed by atoms with E-state index >= 15 is 0 Å². The highest BCUT2D eigenvalue weighted by Gasteiger charge is 2.43. The number of halogens is 1. The molecule has 1 N–H and O–H groups in total. The number of hydrogen-bond acceptors (Lipinski definition) is 5. The van der Waals surface area contributed by atoms with Crippen molar-refractivity contribution in [3.8, 4) is 0 Å². The van der Waals surface area contributed by atoms with Crippen LogP contribution < -0.4 is 5.32 Å². The first kappa shape index (κ1) is 22.8. The van der Waals surface area contributed by atoms with Crippen LogP contribution in [0.4, 0.5) is 5.00 Å². The van der Waals surface area contributed by atoms with Gasteiger partial charge in [0.2, 0.25) is 11.8 Å². The van der Waals surface area contributed by atoms with Crippen LogP contribution in [0.5, 0.6) is 0 Å². The highest BCUT2D eigenvalue weighted by molar-refractivity contribution is 7.17. The van der Waals surface area contributed by atoms with E-state index in [0.717, 1.165) is 41.7 Å². The van der Waals surface area contributed by atoms with E-state index in [4.69, 9.17) is 16.3 Å². The lowest BCUT2D eigenvalue weighted by atomic mass is 9.78. The third-order valence-corrected chi connectivity index (χ3v) is 7.88. The Morgan fingerprint density at radius 1 is 1.19 bits per heavy atom. The summed E-state index contributed by atoms with van der Waals surface area (Å²) in [6.45, 7) is 4.56. The molecule has 1 aliphatic heterocycles. The normalized spacial score (nSPS) is 17.0. The highest BCUT2D eigenvalue weighted by atomic mass is 35.5. The van der Waals surface area contributed by atoms with Crippen LogP contribution in [0.1, 0.15) is 65.9 Å². The van der Waals surface area contributed by atoms with E-state index in [1.54, 1.807) is 18.7 Å². The number of nitrogens with one attached hydrogen (secondary N) is 1. The van der Waals surface area contributed by atoms with Crippen LogP contribution in [0.15, 0.2) is 24.3 Å². The van der Waals surface area contributed by atoms with Gasteiger partial charge in [0, 0.05) is 23.4 Å². The number of nitrogens with zero attached hydrogens (tertiary/aromatic N) is 1. The Morgan fingerprint density at radius 2 is 1.88 bits per heavy atom. The van der Waals surface area contributed by atoms with Crippen molar-refractivity contribution in [1.29, 1.82) is 0 Å². The van der Waals surface area contributed by atoms with E-state index in [-0.39, 0.29) is 18.4 Å². The van der Waals surface area contributed by atoms with Gasteiger partial charge < -0.3 is 15.0 Å². The van der Waals surface area contributed by atoms with E-state index in [2.05, 4.69) is 5.32 Å². The topological polar surface area (TPSA) is 75.7 Å². The first-order chi connectivity index (χ1) is 15.4. The number of hydrogen-bond donors (Lipinski definition) is 1. The average Bonchev–Trinajstić information content (AvgIpc) is 3.39. The summed E-state index contributed by atoms with van der Waals surface area (Å²) >= 11 is 7.45. The van der Waals surface area contributed by atoms with E-state index in [1.165, 1.54) is 11.3 Å². The van der Waals surface area contributed by atoms with Gasteiger partial charge in [0.1, 0.15) is 5.00 Å². The summed E-state index contributed by atoms with van der Waals surface area (Å²) in [5, 5.41) is 4.24. The predicted molar refractivity (Wildman–Crippen MR) is 125 cm³/mol. The van der Waals surface area contributed by atoms with E-state index in [0.29, 0.717) is 35.1 Å². The molecule has 1 fully saturated rings. The van der Waals surface area contributed by atoms with Gasteiger partial charge in [-0.3, -0.25) is 9.59 Å². The quantitative estimate of drug-likeness (QED) is 0.623. The lowest BCUT2D eigenvalue weighted by molar-refractivity contribution is -0.129. The molecule has 1 saturated carbocycles. The van der Waals surface area contributed by atoms with Gasteiger partial charge in [-0.25, -0.2) is 4.79 Å². The molecule has 1 aromatic carbocycles. The van der Waals surface area contributed by atoms with Crippen LogP contribution in [0.3, 0.4) is 0 Å². The molecule has 1 aromatic heterocycles. The van der Waals surface area contributed by atoms with Crippen molar-refractivity contribution in [1.82, 2.24) is 4.90 Å². The molecule has 1 aliphatic carbocycles. The van der Waals surface area contributed by atoms with Gasteiger partial charge in [0.05, 0.1) is 24.1 Å². The summed E-state index contributed by atoms with van der Waals surface area (Å²) in [5.41, 5.74) is 1.62. The van der Waals surface area contributed by atoms with Gasteiger partial charge in [-0.2, -0.15) is 0 Å². The van der Waals surface area contributed by atoms with Crippen molar-refractivity contribution >= 4 is 45.7 Å². The fourth-order valence-electron chi connectivity index (χ4n) is 4.80. The van der Waals surface area contributed by atoms with Crippen molar-refractivity contribution in [3.63, 3.8) is 0 Å². The third-order valence-electron chi connectivity index (χ3n) is 6.50. The first-order valence-corrected chi connectivity index (χ1v) is 12.2. The lowest BCUT2D eigenvalue weighted by Crippen LogP contribution is -2.38. The molecule has 8 heteroatoms. The summed E-state index contributed by atoms with van der Waals surface area (Å²) in [7, 11) is 0. The van der Waals surface area contributed by atoms with Crippen LogP contribution in [0.25, 0.3) is 0 Å². The summed E-state index contributed by atoms with van der Waals surface area (Å²) in [6.07, 6.45) is 4.00. The number of rotatable bonds is 5. The van der Waals surface area contributed by atoms with Crippen LogP contribution in [0.2, 0.25) is 5.02 Å². The number of amides is 2. The second-order valence-electron chi connectivity index (χ2n) is 8.37. The zero-order valence-corrected chi connectivity index (χ0v) is 19.9.